The SMILES string of the molecule is Cc1cc(N2CCC(CN(C)C)CC2)ccc1C(N)=S. The van der Waals surface area contributed by atoms with Gasteiger partial charge in [0.2, 0.25) is 0 Å². The van der Waals surface area contributed by atoms with Gasteiger partial charge in [0.25, 0.3) is 0 Å². The minimum atomic E-state index is 0.485. The van der Waals surface area contributed by atoms with Gasteiger partial charge < -0.3 is 15.5 Å². The summed E-state index contributed by atoms with van der Waals surface area (Å²) in [5.41, 5.74) is 9.18. The molecule has 20 heavy (non-hydrogen) atoms. The Morgan fingerprint density at radius 2 is 2.00 bits per heavy atom. The highest BCUT2D eigenvalue weighted by molar-refractivity contribution is 7.80. The number of piperidine rings is 1. The van der Waals surface area contributed by atoms with Crippen LogP contribution in [-0.2, 0) is 0 Å². The van der Waals surface area contributed by atoms with Crippen molar-refractivity contribution in [3.05, 3.63) is 29.3 Å². The summed E-state index contributed by atoms with van der Waals surface area (Å²) in [7, 11) is 4.31. The van der Waals surface area contributed by atoms with E-state index in [0.29, 0.717) is 4.99 Å². The highest BCUT2D eigenvalue weighted by atomic mass is 32.1. The first-order valence-electron chi connectivity index (χ1n) is 7.27. The molecular weight excluding hydrogens is 266 g/mol. The number of rotatable bonds is 4. The summed E-state index contributed by atoms with van der Waals surface area (Å²) in [5.74, 6) is 0.832. The fraction of sp³-hybridized carbons (Fsp3) is 0.562. The second kappa shape index (κ2) is 6.55. The number of hydrogen-bond donors (Lipinski definition) is 1. The topological polar surface area (TPSA) is 32.5 Å². The van der Waals surface area contributed by atoms with E-state index < -0.39 is 0 Å². The Balaban J connectivity index is 2.00. The summed E-state index contributed by atoms with van der Waals surface area (Å²) in [6.07, 6.45) is 2.54. The van der Waals surface area contributed by atoms with Crippen molar-refractivity contribution < 1.29 is 0 Å². The molecule has 1 aromatic rings. The summed E-state index contributed by atoms with van der Waals surface area (Å²) in [6, 6.07) is 6.41. The smallest absolute Gasteiger partial charge is 0.104 e. The normalized spacial score (nSPS) is 16.7. The number of anilines is 1. The predicted octanol–water partition coefficient (Wildman–Crippen LogP) is 2.41. The van der Waals surface area contributed by atoms with Crippen LogP contribution in [-0.4, -0.2) is 43.6 Å². The standard InChI is InChI=1S/C16H25N3S/c1-12-10-14(4-5-15(12)16(17)20)19-8-6-13(7-9-19)11-18(2)3/h4-5,10,13H,6-9,11H2,1-3H3,(H2,17,20). The van der Waals surface area contributed by atoms with E-state index in [-0.39, 0.29) is 0 Å². The van der Waals surface area contributed by atoms with Gasteiger partial charge in [-0.25, -0.2) is 0 Å². The summed E-state index contributed by atoms with van der Waals surface area (Å²) in [5, 5.41) is 0. The van der Waals surface area contributed by atoms with Crippen molar-refractivity contribution in [1.29, 1.82) is 0 Å². The molecule has 0 amide bonds. The zero-order valence-electron chi connectivity index (χ0n) is 12.7. The molecule has 0 aromatic heterocycles. The number of benzene rings is 1. The monoisotopic (exact) mass is 291 g/mol. The number of hydrogen-bond acceptors (Lipinski definition) is 3. The fourth-order valence-corrected chi connectivity index (χ4v) is 3.24. The number of nitrogens with zero attached hydrogens (tertiary/aromatic N) is 2. The minimum Gasteiger partial charge on any atom is -0.389 e. The van der Waals surface area contributed by atoms with Gasteiger partial charge in [-0.05, 0) is 63.5 Å². The highest BCUT2D eigenvalue weighted by Crippen LogP contribution is 2.25. The Morgan fingerprint density at radius 1 is 1.35 bits per heavy atom. The van der Waals surface area contributed by atoms with Gasteiger partial charge in [-0.1, -0.05) is 12.2 Å². The first kappa shape index (κ1) is 15.3. The molecule has 1 aliphatic heterocycles. The Bertz CT molecular complexity index is 477. The molecule has 1 fully saturated rings. The molecule has 2 N–H and O–H groups in total. The summed E-state index contributed by atoms with van der Waals surface area (Å²) in [6.45, 7) is 5.57. The third kappa shape index (κ3) is 3.70. The predicted molar refractivity (Wildman–Crippen MR) is 90.6 cm³/mol. The Kier molecular flexibility index (Phi) is 5.00. The Labute approximate surface area is 127 Å². The molecule has 3 nitrogen and oxygen atoms in total. The van der Waals surface area contributed by atoms with Gasteiger partial charge in [-0.3, -0.25) is 0 Å². The van der Waals surface area contributed by atoms with Crippen molar-refractivity contribution in [3.8, 4) is 0 Å². The van der Waals surface area contributed by atoms with E-state index in [2.05, 4.69) is 49.0 Å². The molecule has 0 spiro atoms. The average molecular weight is 291 g/mol. The molecule has 1 aliphatic rings. The van der Waals surface area contributed by atoms with E-state index >= 15 is 0 Å². The van der Waals surface area contributed by atoms with Gasteiger partial charge in [0.15, 0.2) is 0 Å². The number of thiocarbonyl (C=S) groups is 1. The molecule has 0 bridgehead atoms. The van der Waals surface area contributed by atoms with Crippen LogP contribution < -0.4 is 10.6 Å². The van der Waals surface area contributed by atoms with Crippen LogP contribution in [0.15, 0.2) is 18.2 Å². The molecule has 2 rings (SSSR count). The third-order valence-corrected chi connectivity index (χ3v) is 4.30. The molecule has 1 heterocycles. The molecule has 110 valence electrons. The van der Waals surface area contributed by atoms with Crippen LogP contribution in [0.2, 0.25) is 0 Å². The van der Waals surface area contributed by atoms with Crippen molar-refractivity contribution in [3.63, 3.8) is 0 Å². The van der Waals surface area contributed by atoms with Crippen LogP contribution in [0, 0.1) is 12.8 Å². The van der Waals surface area contributed by atoms with E-state index in [4.69, 9.17) is 18.0 Å². The first-order valence-corrected chi connectivity index (χ1v) is 7.68. The molecule has 0 aliphatic carbocycles. The van der Waals surface area contributed by atoms with E-state index in [0.717, 1.165) is 24.6 Å². The largest absolute Gasteiger partial charge is 0.389 e. The second-order valence-electron chi connectivity index (χ2n) is 6.06. The van der Waals surface area contributed by atoms with Gasteiger partial charge in [-0.2, -0.15) is 0 Å². The number of nitrogens with two attached hydrogens (primary N) is 1. The first-order chi connectivity index (χ1) is 9.47. The quantitative estimate of drug-likeness (QED) is 0.864. The third-order valence-electron chi connectivity index (χ3n) is 4.08. The maximum Gasteiger partial charge on any atom is 0.104 e. The second-order valence-corrected chi connectivity index (χ2v) is 6.50. The maximum absolute atomic E-state index is 5.72. The van der Waals surface area contributed by atoms with Crippen LogP contribution in [0.4, 0.5) is 5.69 Å². The van der Waals surface area contributed by atoms with E-state index in [1.807, 2.05) is 0 Å². The van der Waals surface area contributed by atoms with Gasteiger partial charge in [0.05, 0.1) is 0 Å². The lowest BCUT2D eigenvalue weighted by atomic mass is 9.95. The molecule has 1 aromatic carbocycles. The van der Waals surface area contributed by atoms with Crippen molar-refractivity contribution in [2.45, 2.75) is 19.8 Å². The fourth-order valence-electron chi connectivity index (χ4n) is 3.01. The highest BCUT2D eigenvalue weighted by Gasteiger charge is 2.20. The Morgan fingerprint density at radius 3 is 2.50 bits per heavy atom. The summed E-state index contributed by atoms with van der Waals surface area (Å²) in [4.78, 5) is 5.25. The Hall–Kier alpha value is -1.13. The van der Waals surface area contributed by atoms with Gasteiger partial charge >= 0.3 is 0 Å². The molecule has 0 radical (unpaired) electrons. The molecule has 4 heteroatoms. The maximum atomic E-state index is 5.72. The molecule has 0 atom stereocenters. The number of aryl methyl sites for hydroxylation is 1. The van der Waals surface area contributed by atoms with Crippen LogP contribution in [0.25, 0.3) is 0 Å². The molecule has 0 unspecified atom stereocenters. The summed E-state index contributed by atoms with van der Waals surface area (Å²) < 4.78 is 0. The average Bonchev–Trinajstić information content (AvgIpc) is 2.38. The van der Waals surface area contributed by atoms with E-state index in [1.165, 1.54) is 30.6 Å². The lowest BCUT2D eigenvalue weighted by Gasteiger charge is -2.35. The van der Waals surface area contributed by atoms with Crippen molar-refractivity contribution in [2.24, 2.45) is 11.7 Å². The summed E-state index contributed by atoms with van der Waals surface area (Å²) >= 11 is 5.06. The van der Waals surface area contributed by atoms with E-state index in [9.17, 15) is 0 Å². The van der Waals surface area contributed by atoms with Crippen molar-refractivity contribution in [1.82, 2.24) is 4.90 Å². The van der Waals surface area contributed by atoms with Gasteiger partial charge in [-0.15, -0.1) is 0 Å². The zero-order chi connectivity index (χ0) is 14.7. The van der Waals surface area contributed by atoms with Crippen LogP contribution >= 0.6 is 12.2 Å². The zero-order valence-corrected chi connectivity index (χ0v) is 13.5. The molecular formula is C16H25N3S. The van der Waals surface area contributed by atoms with Crippen LogP contribution in [0.1, 0.15) is 24.0 Å². The van der Waals surface area contributed by atoms with Crippen LogP contribution in [0.5, 0.6) is 0 Å². The van der Waals surface area contributed by atoms with Crippen molar-refractivity contribution >= 4 is 22.9 Å². The lowest BCUT2D eigenvalue weighted by molar-refractivity contribution is 0.285. The lowest BCUT2D eigenvalue weighted by Crippen LogP contribution is -2.37. The van der Waals surface area contributed by atoms with Gasteiger partial charge in [0.1, 0.15) is 4.99 Å². The van der Waals surface area contributed by atoms with Crippen molar-refractivity contribution in [2.75, 3.05) is 38.6 Å². The van der Waals surface area contributed by atoms with Crippen LogP contribution in [0.3, 0.4) is 0 Å². The molecule has 1 saturated heterocycles. The van der Waals surface area contributed by atoms with Gasteiger partial charge in [0, 0.05) is 30.9 Å². The van der Waals surface area contributed by atoms with E-state index in [1.54, 1.807) is 0 Å². The molecule has 0 saturated carbocycles. The minimum absolute atomic E-state index is 0.485.